The molecule has 0 aliphatic heterocycles. The molecule has 0 unspecified atom stereocenters. The van der Waals surface area contributed by atoms with Gasteiger partial charge in [0.1, 0.15) is 5.75 Å². The first-order valence-electron chi connectivity index (χ1n) is 5.98. The topological polar surface area (TPSA) is 51.2 Å². The number of aromatic nitrogens is 1. The van der Waals surface area contributed by atoms with E-state index in [0.29, 0.717) is 5.13 Å². The minimum absolute atomic E-state index is 0.0114. The van der Waals surface area contributed by atoms with Gasteiger partial charge < -0.3 is 4.74 Å². The maximum Gasteiger partial charge on any atom is 0.264 e. The van der Waals surface area contributed by atoms with E-state index in [9.17, 15) is 4.79 Å². The second-order valence-electron chi connectivity index (χ2n) is 4.26. The number of anilines is 1. The second-order valence-corrected chi connectivity index (χ2v) is 5.47. The van der Waals surface area contributed by atoms with Crippen molar-refractivity contribution in [1.82, 2.24) is 4.98 Å². The molecule has 19 heavy (non-hydrogen) atoms. The van der Waals surface area contributed by atoms with Crippen molar-refractivity contribution < 1.29 is 9.53 Å². The van der Waals surface area contributed by atoms with E-state index in [1.54, 1.807) is 0 Å². The highest BCUT2D eigenvalue weighted by Gasteiger charge is 2.09. The molecule has 0 atom stereocenters. The minimum atomic E-state index is -0.197. The van der Waals surface area contributed by atoms with Crippen molar-refractivity contribution in [2.45, 2.75) is 20.8 Å². The Morgan fingerprint density at radius 2 is 2.05 bits per heavy atom. The number of aryl methyl sites for hydroxylation is 3. The summed E-state index contributed by atoms with van der Waals surface area (Å²) in [4.78, 5) is 17.1. The quantitative estimate of drug-likeness (QED) is 0.933. The first kappa shape index (κ1) is 13.5. The monoisotopic (exact) mass is 276 g/mol. The number of ether oxygens (including phenoxy) is 1. The lowest BCUT2D eigenvalue weighted by atomic mass is 10.2. The number of rotatable bonds is 4. The molecule has 0 fully saturated rings. The van der Waals surface area contributed by atoms with Gasteiger partial charge in [0.15, 0.2) is 11.7 Å². The Balaban J connectivity index is 1.90. The smallest absolute Gasteiger partial charge is 0.264 e. The van der Waals surface area contributed by atoms with Gasteiger partial charge in [-0.1, -0.05) is 18.2 Å². The van der Waals surface area contributed by atoms with E-state index in [0.717, 1.165) is 21.9 Å². The molecular weight excluding hydrogens is 260 g/mol. The molecule has 2 rings (SSSR count). The van der Waals surface area contributed by atoms with Crippen LogP contribution in [-0.4, -0.2) is 17.5 Å². The zero-order chi connectivity index (χ0) is 13.8. The Kier molecular flexibility index (Phi) is 4.16. The summed E-state index contributed by atoms with van der Waals surface area (Å²) in [5.41, 5.74) is 1.95. The zero-order valence-corrected chi connectivity index (χ0v) is 12.0. The van der Waals surface area contributed by atoms with Crippen molar-refractivity contribution in [3.63, 3.8) is 0 Å². The van der Waals surface area contributed by atoms with Crippen LogP contribution in [-0.2, 0) is 4.79 Å². The van der Waals surface area contributed by atoms with Gasteiger partial charge in [-0.3, -0.25) is 10.1 Å². The van der Waals surface area contributed by atoms with Gasteiger partial charge in [0.25, 0.3) is 5.91 Å². The normalized spacial score (nSPS) is 10.3. The number of carbonyl (C=O) groups is 1. The molecule has 0 saturated carbocycles. The van der Waals surface area contributed by atoms with Gasteiger partial charge in [0.05, 0.1) is 5.69 Å². The molecule has 0 spiro atoms. The molecule has 2 aromatic rings. The number of hydrogen-bond acceptors (Lipinski definition) is 4. The second kappa shape index (κ2) is 5.84. The summed E-state index contributed by atoms with van der Waals surface area (Å²) in [6.07, 6.45) is 0. The van der Waals surface area contributed by atoms with E-state index in [2.05, 4.69) is 10.3 Å². The lowest BCUT2D eigenvalue weighted by Crippen LogP contribution is -2.20. The summed E-state index contributed by atoms with van der Waals surface area (Å²) in [6.45, 7) is 5.83. The van der Waals surface area contributed by atoms with Crippen LogP contribution in [0.3, 0.4) is 0 Å². The van der Waals surface area contributed by atoms with Gasteiger partial charge in [-0.2, -0.15) is 0 Å². The summed E-state index contributed by atoms with van der Waals surface area (Å²) in [7, 11) is 0. The Labute approximate surface area is 116 Å². The summed E-state index contributed by atoms with van der Waals surface area (Å²) >= 11 is 1.47. The molecular formula is C14H16N2O2S. The minimum Gasteiger partial charge on any atom is -0.483 e. The van der Waals surface area contributed by atoms with E-state index in [1.807, 2.05) is 45.0 Å². The first-order chi connectivity index (χ1) is 9.06. The van der Waals surface area contributed by atoms with Crippen LogP contribution in [0.2, 0.25) is 0 Å². The number of thiazole rings is 1. The fraction of sp³-hybridized carbons (Fsp3) is 0.286. The fourth-order valence-electron chi connectivity index (χ4n) is 1.54. The van der Waals surface area contributed by atoms with Crippen molar-refractivity contribution in [2.75, 3.05) is 11.9 Å². The van der Waals surface area contributed by atoms with Crippen LogP contribution in [0.1, 0.15) is 16.1 Å². The van der Waals surface area contributed by atoms with Crippen LogP contribution in [0, 0.1) is 20.8 Å². The molecule has 1 heterocycles. The number of amides is 1. The van der Waals surface area contributed by atoms with E-state index in [4.69, 9.17) is 4.74 Å². The standard InChI is InChI=1S/C14H16N2O2S/c1-9-6-4-5-7-12(9)18-8-13(17)16-14-15-10(2)11(3)19-14/h4-7H,8H2,1-3H3,(H,15,16,17). The van der Waals surface area contributed by atoms with Crippen LogP contribution in [0.15, 0.2) is 24.3 Å². The molecule has 100 valence electrons. The van der Waals surface area contributed by atoms with Crippen LogP contribution < -0.4 is 10.1 Å². The van der Waals surface area contributed by atoms with Crippen molar-refractivity contribution in [3.05, 3.63) is 40.4 Å². The third-order valence-corrected chi connectivity index (χ3v) is 3.72. The molecule has 1 aromatic carbocycles. The maximum atomic E-state index is 11.7. The summed E-state index contributed by atoms with van der Waals surface area (Å²) in [5, 5.41) is 3.36. The lowest BCUT2D eigenvalue weighted by molar-refractivity contribution is -0.118. The molecule has 0 aliphatic carbocycles. The first-order valence-corrected chi connectivity index (χ1v) is 6.80. The highest BCUT2D eigenvalue weighted by atomic mass is 32.1. The molecule has 4 nitrogen and oxygen atoms in total. The van der Waals surface area contributed by atoms with Crippen molar-refractivity contribution in [3.8, 4) is 5.75 Å². The predicted octanol–water partition coefficient (Wildman–Crippen LogP) is 3.09. The predicted molar refractivity (Wildman–Crippen MR) is 76.9 cm³/mol. The van der Waals surface area contributed by atoms with Gasteiger partial charge in [-0.25, -0.2) is 4.98 Å². The van der Waals surface area contributed by atoms with Crippen molar-refractivity contribution in [1.29, 1.82) is 0 Å². The van der Waals surface area contributed by atoms with Gasteiger partial charge in [0, 0.05) is 4.88 Å². The highest BCUT2D eigenvalue weighted by molar-refractivity contribution is 7.15. The zero-order valence-electron chi connectivity index (χ0n) is 11.2. The SMILES string of the molecule is Cc1ccccc1OCC(=O)Nc1nc(C)c(C)s1. The Bertz CT molecular complexity index is 573. The van der Waals surface area contributed by atoms with Gasteiger partial charge in [-0.15, -0.1) is 11.3 Å². The van der Waals surface area contributed by atoms with E-state index >= 15 is 0 Å². The average molecular weight is 276 g/mol. The number of nitrogens with one attached hydrogen (secondary N) is 1. The number of carbonyl (C=O) groups excluding carboxylic acids is 1. The van der Waals surface area contributed by atoms with Crippen molar-refractivity contribution in [2.24, 2.45) is 0 Å². The fourth-order valence-corrected chi connectivity index (χ4v) is 2.37. The number of para-hydroxylation sites is 1. The number of nitrogens with zero attached hydrogens (tertiary/aromatic N) is 1. The number of hydrogen-bond donors (Lipinski definition) is 1. The summed E-state index contributed by atoms with van der Waals surface area (Å²) < 4.78 is 5.47. The third-order valence-electron chi connectivity index (χ3n) is 2.73. The largest absolute Gasteiger partial charge is 0.483 e. The lowest BCUT2D eigenvalue weighted by Gasteiger charge is -2.07. The molecule has 5 heteroatoms. The van der Waals surface area contributed by atoms with E-state index in [1.165, 1.54) is 11.3 Å². The molecule has 0 aliphatic rings. The molecule has 0 radical (unpaired) electrons. The summed E-state index contributed by atoms with van der Waals surface area (Å²) in [5.74, 6) is 0.529. The van der Waals surface area contributed by atoms with E-state index in [-0.39, 0.29) is 12.5 Å². The molecule has 1 N–H and O–H groups in total. The molecule has 0 saturated heterocycles. The number of benzene rings is 1. The maximum absolute atomic E-state index is 11.7. The van der Waals surface area contributed by atoms with Crippen LogP contribution in [0.4, 0.5) is 5.13 Å². The van der Waals surface area contributed by atoms with Gasteiger partial charge in [0.2, 0.25) is 0 Å². The van der Waals surface area contributed by atoms with Crippen molar-refractivity contribution >= 4 is 22.4 Å². The third kappa shape index (κ3) is 3.54. The molecule has 1 aromatic heterocycles. The van der Waals surface area contributed by atoms with Crippen LogP contribution >= 0.6 is 11.3 Å². The van der Waals surface area contributed by atoms with Crippen LogP contribution in [0.5, 0.6) is 5.75 Å². The Morgan fingerprint density at radius 3 is 2.68 bits per heavy atom. The molecule has 0 bridgehead atoms. The van der Waals surface area contributed by atoms with Gasteiger partial charge in [-0.05, 0) is 32.4 Å². The highest BCUT2D eigenvalue weighted by Crippen LogP contribution is 2.21. The average Bonchev–Trinajstić information content (AvgIpc) is 2.67. The van der Waals surface area contributed by atoms with Crippen LogP contribution in [0.25, 0.3) is 0 Å². The van der Waals surface area contributed by atoms with Gasteiger partial charge >= 0.3 is 0 Å². The molecule has 1 amide bonds. The van der Waals surface area contributed by atoms with E-state index < -0.39 is 0 Å². The summed E-state index contributed by atoms with van der Waals surface area (Å²) in [6, 6.07) is 7.61. The Morgan fingerprint density at radius 1 is 1.32 bits per heavy atom. The Hall–Kier alpha value is -1.88.